The van der Waals surface area contributed by atoms with Crippen LogP contribution in [0, 0.1) is 13.8 Å². The normalized spacial score (nSPS) is 15.5. The molecule has 21 heavy (non-hydrogen) atoms. The Bertz CT molecular complexity index is 592. The minimum Gasteiger partial charge on any atom is -0.392 e. The third-order valence-corrected chi connectivity index (χ3v) is 4.52. The Morgan fingerprint density at radius 3 is 2.33 bits per heavy atom. The van der Waals surface area contributed by atoms with E-state index in [1.165, 1.54) is 16.7 Å². The smallest absolute Gasteiger partial charge is 0.0624 e. The summed E-state index contributed by atoms with van der Waals surface area (Å²) in [6, 6.07) is 16.6. The van der Waals surface area contributed by atoms with Gasteiger partial charge in [0.25, 0.3) is 0 Å². The van der Waals surface area contributed by atoms with E-state index in [9.17, 15) is 5.11 Å². The van der Waals surface area contributed by atoms with Crippen molar-refractivity contribution in [2.24, 2.45) is 5.73 Å². The van der Waals surface area contributed by atoms with Gasteiger partial charge in [-0.1, -0.05) is 54.1 Å². The van der Waals surface area contributed by atoms with Crippen LogP contribution in [0.3, 0.4) is 0 Å². The zero-order chi connectivity index (χ0) is 15.5. The fourth-order valence-electron chi connectivity index (χ4n) is 2.95. The molecule has 0 spiro atoms. The first-order chi connectivity index (χ1) is 9.99. The molecule has 112 valence electrons. The molecule has 0 fully saturated rings. The Labute approximate surface area is 127 Å². The number of hydrogen-bond donors (Lipinski definition) is 2. The number of hydrogen-bond acceptors (Lipinski definition) is 2. The SMILES string of the molecule is Cc1ccc(C)c(CC(CN)(c2ccccc2)C(C)O)c1. The number of aliphatic hydroxyl groups is 1. The van der Waals surface area contributed by atoms with Gasteiger partial charge in [-0.25, -0.2) is 0 Å². The van der Waals surface area contributed by atoms with Crippen molar-refractivity contribution in [2.45, 2.75) is 38.7 Å². The summed E-state index contributed by atoms with van der Waals surface area (Å²) in [6.07, 6.45) is 0.239. The second-order valence-electron chi connectivity index (χ2n) is 6.01. The van der Waals surface area contributed by atoms with Crippen molar-refractivity contribution in [2.75, 3.05) is 6.54 Å². The van der Waals surface area contributed by atoms with Gasteiger partial charge in [-0.2, -0.15) is 0 Å². The summed E-state index contributed by atoms with van der Waals surface area (Å²) >= 11 is 0. The zero-order valence-corrected chi connectivity index (χ0v) is 13.1. The molecule has 0 aromatic heterocycles. The number of rotatable bonds is 5. The molecule has 0 aliphatic rings. The lowest BCUT2D eigenvalue weighted by molar-refractivity contribution is 0.1000. The lowest BCUT2D eigenvalue weighted by atomic mass is 9.71. The summed E-state index contributed by atoms with van der Waals surface area (Å²) in [7, 11) is 0. The number of aryl methyl sites for hydroxylation is 2. The Balaban J connectivity index is 2.49. The Hall–Kier alpha value is -1.64. The van der Waals surface area contributed by atoms with E-state index in [1.54, 1.807) is 0 Å². The van der Waals surface area contributed by atoms with Gasteiger partial charge in [-0.15, -0.1) is 0 Å². The highest BCUT2D eigenvalue weighted by molar-refractivity contribution is 5.36. The average Bonchev–Trinajstić information content (AvgIpc) is 2.49. The quantitative estimate of drug-likeness (QED) is 0.885. The van der Waals surface area contributed by atoms with Crippen LogP contribution >= 0.6 is 0 Å². The summed E-state index contributed by atoms with van der Waals surface area (Å²) in [5.41, 5.74) is 10.5. The van der Waals surface area contributed by atoms with E-state index in [0.717, 1.165) is 12.0 Å². The van der Waals surface area contributed by atoms with Crippen LogP contribution in [0.1, 0.15) is 29.2 Å². The Morgan fingerprint density at radius 1 is 1.10 bits per heavy atom. The minimum atomic E-state index is -0.509. The molecule has 2 heteroatoms. The molecule has 2 atom stereocenters. The second-order valence-corrected chi connectivity index (χ2v) is 6.01. The maximum Gasteiger partial charge on any atom is 0.0624 e. The summed E-state index contributed by atoms with van der Waals surface area (Å²) in [6.45, 7) is 6.47. The number of aliphatic hydroxyl groups excluding tert-OH is 1. The van der Waals surface area contributed by atoms with E-state index in [-0.39, 0.29) is 0 Å². The van der Waals surface area contributed by atoms with Gasteiger partial charge in [-0.05, 0) is 43.9 Å². The molecule has 0 amide bonds. The van der Waals surface area contributed by atoms with Crippen molar-refractivity contribution in [3.05, 3.63) is 70.8 Å². The van der Waals surface area contributed by atoms with Crippen LogP contribution in [-0.4, -0.2) is 17.8 Å². The molecule has 2 nitrogen and oxygen atoms in total. The maximum absolute atomic E-state index is 10.5. The summed E-state index contributed by atoms with van der Waals surface area (Å²) in [5.74, 6) is 0. The van der Waals surface area contributed by atoms with Crippen molar-refractivity contribution >= 4 is 0 Å². The van der Waals surface area contributed by atoms with E-state index in [0.29, 0.717) is 6.54 Å². The Morgan fingerprint density at radius 2 is 1.76 bits per heavy atom. The standard InChI is InChI=1S/C19H25NO/c1-14-9-10-15(2)17(11-14)12-19(13-20,16(3)21)18-7-5-4-6-8-18/h4-11,16,21H,12-13,20H2,1-3H3. The van der Waals surface area contributed by atoms with Crippen LogP contribution in [0.5, 0.6) is 0 Å². The molecule has 0 radical (unpaired) electrons. The monoisotopic (exact) mass is 283 g/mol. The molecule has 0 heterocycles. The average molecular weight is 283 g/mol. The largest absolute Gasteiger partial charge is 0.392 e. The first-order valence-electron chi connectivity index (χ1n) is 7.49. The molecule has 0 aliphatic carbocycles. The van der Waals surface area contributed by atoms with Gasteiger partial charge in [0.1, 0.15) is 0 Å². The van der Waals surface area contributed by atoms with Gasteiger partial charge in [0.2, 0.25) is 0 Å². The molecule has 0 aliphatic heterocycles. The predicted molar refractivity (Wildman–Crippen MR) is 88.5 cm³/mol. The molecule has 0 saturated carbocycles. The maximum atomic E-state index is 10.5. The third kappa shape index (κ3) is 3.17. The Kier molecular flexibility index (Phi) is 4.81. The van der Waals surface area contributed by atoms with Gasteiger partial charge in [-0.3, -0.25) is 0 Å². The minimum absolute atomic E-state index is 0.419. The molecular formula is C19H25NO. The summed E-state index contributed by atoms with van der Waals surface area (Å²) in [5, 5.41) is 10.5. The highest BCUT2D eigenvalue weighted by Gasteiger charge is 2.36. The van der Waals surface area contributed by atoms with Crippen LogP contribution in [0.15, 0.2) is 48.5 Å². The summed E-state index contributed by atoms with van der Waals surface area (Å²) < 4.78 is 0. The van der Waals surface area contributed by atoms with Crippen molar-refractivity contribution in [3.63, 3.8) is 0 Å². The molecule has 2 aromatic carbocycles. The van der Waals surface area contributed by atoms with Gasteiger partial charge < -0.3 is 10.8 Å². The van der Waals surface area contributed by atoms with Crippen LogP contribution < -0.4 is 5.73 Å². The van der Waals surface area contributed by atoms with E-state index in [1.807, 2.05) is 25.1 Å². The van der Waals surface area contributed by atoms with Gasteiger partial charge in [0.05, 0.1) is 6.10 Å². The van der Waals surface area contributed by atoms with Crippen LogP contribution in [0.4, 0.5) is 0 Å². The van der Waals surface area contributed by atoms with E-state index in [2.05, 4.69) is 44.2 Å². The topological polar surface area (TPSA) is 46.2 Å². The second kappa shape index (κ2) is 6.42. The fraction of sp³-hybridized carbons (Fsp3) is 0.368. The first-order valence-corrected chi connectivity index (χ1v) is 7.49. The first kappa shape index (κ1) is 15.7. The van der Waals surface area contributed by atoms with Crippen molar-refractivity contribution < 1.29 is 5.11 Å². The van der Waals surface area contributed by atoms with Crippen molar-refractivity contribution in [1.82, 2.24) is 0 Å². The lowest BCUT2D eigenvalue weighted by Gasteiger charge is -2.37. The molecule has 3 N–H and O–H groups in total. The third-order valence-electron chi connectivity index (χ3n) is 4.52. The summed E-state index contributed by atoms with van der Waals surface area (Å²) in [4.78, 5) is 0. The number of benzene rings is 2. The highest BCUT2D eigenvalue weighted by atomic mass is 16.3. The highest BCUT2D eigenvalue weighted by Crippen LogP contribution is 2.32. The number of nitrogens with two attached hydrogens (primary N) is 1. The van der Waals surface area contributed by atoms with Gasteiger partial charge in [0, 0.05) is 12.0 Å². The van der Waals surface area contributed by atoms with Crippen molar-refractivity contribution in [3.8, 4) is 0 Å². The molecular weight excluding hydrogens is 258 g/mol. The molecule has 0 bridgehead atoms. The molecule has 2 aromatic rings. The van der Waals surface area contributed by atoms with Gasteiger partial charge >= 0.3 is 0 Å². The fourth-order valence-corrected chi connectivity index (χ4v) is 2.95. The lowest BCUT2D eigenvalue weighted by Crippen LogP contribution is -2.46. The zero-order valence-electron chi connectivity index (χ0n) is 13.1. The molecule has 0 saturated heterocycles. The predicted octanol–water partition coefficient (Wildman–Crippen LogP) is 3.12. The van der Waals surface area contributed by atoms with E-state index < -0.39 is 11.5 Å². The van der Waals surface area contributed by atoms with Crippen LogP contribution in [-0.2, 0) is 11.8 Å². The van der Waals surface area contributed by atoms with E-state index in [4.69, 9.17) is 5.73 Å². The van der Waals surface area contributed by atoms with Crippen LogP contribution in [0.25, 0.3) is 0 Å². The van der Waals surface area contributed by atoms with Crippen LogP contribution in [0.2, 0.25) is 0 Å². The molecule has 2 rings (SSSR count). The van der Waals surface area contributed by atoms with Gasteiger partial charge in [0.15, 0.2) is 0 Å². The molecule has 2 unspecified atom stereocenters. The van der Waals surface area contributed by atoms with Crippen molar-refractivity contribution in [1.29, 1.82) is 0 Å². The van der Waals surface area contributed by atoms with E-state index >= 15 is 0 Å².